The molecule has 3 N–H and O–H groups in total. The van der Waals surface area contributed by atoms with Crippen LogP contribution in [0.25, 0.3) is 0 Å². The van der Waals surface area contributed by atoms with Crippen LogP contribution in [0, 0.1) is 5.82 Å². The standard InChI is InChI=1S/C10H13ClFNO/c1-2-8(13)10(14)9-6(11)4-3-5-7(9)12/h3-5,8,10,14H,2,13H2,1H3/t8-,10+/m0/s1. The number of halogens is 2. The summed E-state index contributed by atoms with van der Waals surface area (Å²) in [6, 6.07) is 3.79. The fraction of sp³-hybridized carbons (Fsp3) is 0.400. The normalized spacial score (nSPS) is 15.2. The van der Waals surface area contributed by atoms with Gasteiger partial charge >= 0.3 is 0 Å². The molecular formula is C10H13ClFNO. The highest BCUT2D eigenvalue weighted by Gasteiger charge is 2.21. The number of aliphatic hydroxyl groups excluding tert-OH is 1. The van der Waals surface area contributed by atoms with Crippen molar-refractivity contribution in [3.63, 3.8) is 0 Å². The van der Waals surface area contributed by atoms with E-state index in [1.54, 1.807) is 0 Å². The number of aliphatic hydroxyl groups is 1. The van der Waals surface area contributed by atoms with Gasteiger partial charge in [-0.3, -0.25) is 0 Å². The summed E-state index contributed by atoms with van der Waals surface area (Å²) in [5.41, 5.74) is 5.70. The lowest BCUT2D eigenvalue weighted by atomic mass is 10.0. The summed E-state index contributed by atoms with van der Waals surface area (Å²) in [4.78, 5) is 0. The van der Waals surface area contributed by atoms with E-state index >= 15 is 0 Å². The number of nitrogens with two attached hydrogens (primary N) is 1. The zero-order valence-corrected chi connectivity index (χ0v) is 8.63. The minimum atomic E-state index is -1.05. The average molecular weight is 218 g/mol. The maximum Gasteiger partial charge on any atom is 0.130 e. The molecule has 0 unspecified atom stereocenters. The summed E-state index contributed by atoms with van der Waals surface area (Å²) in [6.07, 6.45) is -0.486. The van der Waals surface area contributed by atoms with Crippen LogP contribution in [0.15, 0.2) is 18.2 Å². The van der Waals surface area contributed by atoms with Crippen molar-refractivity contribution in [2.75, 3.05) is 0 Å². The Kier molecular flexibility index (Phi) is 3.86. The molecule has 2 nitrogen and oxygen atoms in total. The molecule has 1 aromatic carbocycles. The lowest BCUT2D eigenvalue weighted by Crippen LogP contribution is -2.28. The zero-order valence-electron chi connectivity index (χ0n) is 7.87. The van der Waals surface area contributed by atoms with Gasteiger partial charge < -0.3 is 10.8 Å². The van der Waals surface area contributed by atoms with Gasteiger partial charge in [0.1, 0.15) is 5.82 Å². The molecule has 0 amide bonds. The first-order valence-corrected chi connectivity index (χ1v) is 4.83. The highest BCUT2D eigenvalue weighted by molar-refractivity contribution is 6.31. The minimum Gasteiger partial charge on any atom is -0.387 e. The molecular weight excluding hydrogens is 205 g/mol. The number of rotatable bonds is 3. The quantitative estimate of drug-likeness (QED) is 0.816. The smallest absolute Gasteiger partial charge is 0.130 e. The van der Waals surface area contributed by atoms with Gasteiger partial charge in [0.2, 0.25) is 0 Å². The molecule has 0 saturated carbocycles. The predicted molar refractivity (Wildman–Crippen MR) is 54.6 cm³/mol. The van der Waals surface area contributed by atoms with Crippen molar-refractivity contribution in [1.29, 1.82) is 0 Å². The van der Waals surface area contributed by atoms with Crippen LogP contribution in [0.4, 0.5) is 4.39 Å². The fourth-order valence-electron chi connectivity index (χ4n) is 1.23. The molecule has 0 radical (unpaired) electrons. The van der Waals surface area contributed by atoms with Crippen LogP contribution in [-0.4, -0.2) is 11.1 Å². The lowest BCUT2D eigenvalue weighted by Gasteiger charge is -2.19. The number of hydrogen-bond donors (Lipinski definition) is 2. The predicted octanol–water partition coefficient (Wildman–Crippen LogP) is 2.25. The molecule has 0 spiro atoms. The van der Waals surface area contributed by atoms with Crippen LogP contribution in [0.5, 0.6) is 0 Å². The zero-order chi connectivity index (χ0) is 10.7. The molecule has 0 aliphatic heterocycles. The van der Waals surface area contributed by atoms with E-state index in [0.717, 1.165) is 0 Å². The lowest BCUT2D eigenvalue weighted by molar-refractivity contribution is 0.140. The van der Waals surface area contributed by atoms with Gasteiger partial charge in [-0.05, 0) is 18.6 Å². The second kappa shape index (κ2) is 4.73. The van der Waals surface area contributed by atoms with Gasteiger partial charge in [-0.2, -0.15) is 0 Å². The van der Waals surface area contributed by atoms with Gasteiger partial charge in [-0.15, -0.1) is 0 Å². The van der Waals surface area contributed by atoms with E-state index in [9.17, 15) is 9.50 Å². The second-order valence-electron chi connectivity index (χ2n) is 3.15. The monoisotopic (exact) mass is 217 g/mol. The van der Waals surface area contributed by atoms with Crippen LogP contribution < -0.4 is 5.73 Å². The van der Waals surface area contributed by atoms with Crippen molar-refractivity contribution in [3.05, 3.63) is 34.6 Å². The Morgan fingerprint density at radius 3 is 2.71 bits per heavy atom. The van der Waals surface area contributed by atoms with E-state index in [4.69, 9.17) is 17.3 Å². The van der Waals surface area contributed by atoms with Gasteiger partial charge in [0, 0.05) is 16.6 Å². The fourth-order valence-corrected chi connectivity index (χ4v) is 1.51. The Morgan fingerprint density at radius 1 is 1.57 bits per heavy atom. The first kappa shape index (κ1) is 11.4. The molecule has 0 bridgehead atoms. The van der Waals surface area contributed by atoms with Gasteiger partial charge in [0.25, 0.3) is 0 Å². The highest BCUT2D eigenvalue weighted by atomic mass is 35.5. The Balaban J connectivity index is 3.05. The summed E-state index contributed by atoms with van der Waals surface area (Å²) < 4.78 is 13.3. The van der Waals surface area contributed by atoms with Crippen molar-refractivity contribution >= 4 is 11.6 Å². The molecule has 1 rings (SSSR count). The third-order valence-electron chi connectivity index (χ3n) is 2.17. The summed E-state index contributed by atoms with van der Waals surface area (Å²) >= 11 is 5.77. The van der Waals surface area contributed by atoms with E-state index in [1.165, 1.54) is 18.2 Å². The summed E-state index contributed by atoms with van der Waals surface area (Å²) in [7, 11) is 0. The molecule has 0 aromatic heterocycles. The first-order chi connectivity index (χ1) is 6.57. The van der Waals surface area contributed by atoms with Crippen molar-refractivity contribution < 1.29 is 9.50 Å². The second-order valence-corrected chi connectivity index (χ2v) is 3.56. The van der Waals surface area contributed by atoms with Crippen LogP contribution in [0.1, 0.15) is 25.0 Å². The van der Waals surface area contributed by atoms with Crippen molar-refractivity contribution in [1.82, 2.24) is 0 Å². The Bertz CT molecular complexity index is 299. The largest absolute Gasteiger partial charge is 0.387 e. The van der Waals surface area contributed by atoms with Crippen molar-refractivity contribution in [3.8, 4) is 0 Å². The van der Waals surface area contributed by atoms with Crippen LogP contribution in [0.2, 0.25) is 5.02 Å². The van der Waals surface area contributed by atoms with Crippen LogP contribution in [0.3, 0.4) is 0 Å². The average Bonchev–Trinajstić information content (AvgIpc) is 2.16. The topological polar surface area (TPSA) is 46.2 Å². The maximum atomic E-state index is 13.3. The summed E-state index contributed by atoms with van der Waals surface area (Å²) in [5, 5.41) is 9.91. The molecule has 0 saturated heterocycles. The molecule has 78 valence electrons. The molecule has 14 heavy (non-hydrogen) atoms. The molecule has 0 aliphatic rings. The van der Waals surface area contributed by atoms with E-state index in [2.05, 4.69) is 0 Å². The molecule has 1 aromatic rings. The number of benzene rings is 1. The Morgan fingerprint density at radius 2 is 2.21 bits per heavy atom. The van der Waals surface area contributed by atoms with Crippen LogP contribution >= 0.6 is 11.6 Å². The maximum absolute atomic E-state index is 13.3. The highest BCUT2D eigenvalue weighted by Crippen LogP contribution is 2.27. The molecule has 2 atom stereocenters. The van der Waals surface area contributed by atoms with Gasteiger partial charge in [0.05, 0.1) is 6.10 Å². The van der Waals surface area contributed by atoms with E-state index in [1.807, 2.05) is 6.92 Å². The first-order valence-electron chi connectivity index (χ1n) is 4.45. The van der Waals surface area contributed by atoms with Gasteiger partial charge in [0.15, 0.2) is 0 Å². The molecule has 0 fully saturated rings. The third-order valence-corrected chi connectivity index (χ3v) is 2.50. The van der Waals surface area contributed by atoms with Gasteiger partial charge in [-0.1, -0.05) is 24.6 Å². The minimum absolute atomic E-state index is 0.0866. The molecule has 0 aliphatic carbocycles. The molecule has 4 heteroatoms. The van der Waals surface area contributed by atoms with Crippen molar-refractivity contribution in [2.24, 2.45) is 5.73 Å². The third kappa shape index (κ3) is 2.23. The van der Waals surface area contributed by atoms with Crippen molar-refractivity contribution in [2.45, 2.75) is 25.5 Å². The van der Waals surface area contributed by atoms with Crippen LogP contribution in [-0.2, 0) is 0 Å². The Labute approximate surface area is 87.5 Å². The Hall–Kier alpha value is -0.640. The van der Waals surface area contributed by atoms with E-state index in [-0.39, 0.29) is 10.6 Å². The SMILES string of the molecule is CC[C@H](N)[C@@H](O)c1c(F)cccc1Cl. The summed E-state index contributed by atoms with van der Waals surface area (Å²) in [6.45, 7) is 1.82. The van der Waals surface area contributed by atoms with E-state index < -0.39 is 18.0 Å². The molecule has 0 heterocycles. The number of hydrogen-bond acceptors (Lipinski definition) is 2. The van der Waals surface area contributed by atoms with Gasteiger partial charge in [-0.25, -0.2) is 4.39 Å². The van der Waals surface area contributed by atoms with E-state index in [0.29, 0.717) is 6.42 Å². The summed E-state index contributed by atoms with van der Waals surface area (Å²) in [5.74, 6) is -0.520.